The van der Waals surface area contributed by atoms with E-state index in [-0.39, 0.29) is 48.9 Å². The van der Waals surface area contributed by atoms with E-state index in [2.05, 4.69) is 17.6 Å². The molecular weight excluding hydrogens is 384 g/mol. The van der Waals surface area contributed by atoms with Gasteiger partial charge in [0.05, 0.1) is 17.3 Å². The number of carbonyl (C=O) groups excluding carboxylic acids is 4. The number of hydrogen-bond donors (Lipinski definition) is 2. The molecule has 8 nitrogen and oxygen atoms in total. The molecule has 3 rings (SSSR count). The molecule has 8 heteroatoms. The van der Waals surface area contributed by atoms with E-state index in [4.69, 9.17) is 0 Å². The summed E-state index contributed by atoms with van der Waals surface area (Å²) in [6.45, 7) is 3.71. The van der Waals surface area contributed by atoms with Gasteiger partial charge in [-0.15, -0.1) is 0 Å². The van der Waals surface area contributed by atoms with Gasteiger partial charge >= 0.3 is 0 Å². The van der Waals surface area contributed by atoms with Crippen molar-refractivity contribution in [2.24, 2.45) is 5.92 Å². The smallest absolute Gasteiger partial charge is 0.244 e. The molecule has 1 saturated heterocycles. The molecule has 1 unspecified atom stereocenters. The Morgan fingerprint density at radius 2 is 1.93 bits per heavy atom. The maximum absolute atomic E-state index is 12.7. The number of benzene rings is 1. The second-order valence-corrected chi connectivity index (χ2v) is 7.87. The lowest BCUT2D eigenvalue weighted by molar-refractivity contribution is -0.137. The highest BCUT2D eigenvalue weighted by Gasteiger charge is 2.30. The van der Waals surface area contributed by atoms with E-state index < -0.39 is 0 Å². The first kappa shape index (κ1) is 21.8. The average molecular weight is 415 g/mol. The van der Waals surface area contributed by atoms with E-state index in [0.717, 1.165) is 25.7 Å². The van der Waals surface area contributed by atoms with Crippen LogP contribution in [0.5, 0.6) is 0 Å². The number of rotatable bonds is 7. The van der Waals surface area contributed by atoms with Gasteiger partial charge in [-0.3, -0.25) is 19.2 Å². The lowest BCUT2D eigenvalue weighted by atomic mass is 9.96. The number of piperidine rings is 1. The average Bonchev–Trinajstić information content (AvgIpc) is 2.76. The van der Waals surface area contributed by atoms with Crippen molar-refractivity contribution in [3.8, 4) is 0 Å². The van der Waals surface area contributed by atoms with Gasteiger partial charge in [-0.05, 0) is 31.4 Å². The van der Waals surface area contributed by atoms with Crippen molar-refractivity contribution in [1.82, 2.24) is 10.2 Å². The largest absolute Gasteiger partial charge is 0.356 e. The summed E-state index contributed by atoms with van der Waals surface area (Å²) in [5.41, 5.74) is 1.25. The molecule has 0 saturated carbocycles. The van der Waals surface area contributed by atoms with Crippen LogP contribution in [0, 0.1) is 5.92 Å². The number of unbranched alkanes of at least 4 members (excludes halogenated alkanes) is 1. The second kappa shape index (κ2) is 10.2. The van der Waals surface area contributed by atoms with Crippen LogP contribution >= 0.6 is 0 Å². The highest BCUT2D eigenvalue weighted by atomic mass is 16.2. The van der Waals surface area contributed by atoms with Gasteiger partial charge in [0.15, 0.2) is 0 Å². The molecule has 162 valence electrons. The van der Waals surface area contributed by atoms with E-state index in [1.165, 1.54) is 4.90 Å². The van der Waals surface area contributed by atoms with Crippen molar-refractivity contribution in [1.29, 1.82) is 0 Å². The summed E-state index contributed by atoms with van der Waals surface area (Å²) in [6.07, 6.45) is 3.63. The minimum absolute atomic E-state index is 0.00737. The molecule has 0 radical (unpaired) electrons. The fourth-order valence-corrected chi connectivity index (χ4v) is 3.91. The predicted molar refractivity (Wildman–Crippen MR) is 114 cm³/mol. The first-order valence-corrected chi connectivity index (χ1v) is 10.7. The van der Waals surface area contributed by atoms with Crippen molar-refractivity contribution in [3.05, 3.63) is 24.3 Å². The minimum Gasteiger partial charge on any atom is -0.356 e. The molecule has 4 amide bonds. The van der Waals surface area contributed by atoms with Crippen LogP contribution in [0.25, 0.3) is 0 Å². The molecule has 2 heterocycles. The molecule has 0 aromatic heterocycles. The Labute approximate surface area is 177 Å². The van der Waals surface area contributed by atoms with Crippen molar-refractivity contribution in [2.75, 3.05) is 36.4 Å². The number of anilines is 2. The highest BCUT2D eigenvalue weighted by Crippen LogP contribution is 2.29. The van der Waals surface area contributed by atoms with Crippen LogP contribution in [0.1, 0.15) is 45.4 Å². The molecule has 30 heavy (non-hydrogen) atoms. The van der Waals surface area contributed by atoms with Crippen molar-refractivity contribution < 1.29 is 19.2 Å². The number of carbonyl (C=O) groups is 4. The van der Waals surface area contributed by atoms with Gasteiger partial charge < -0.3 is 20.4 Å². The van der Waals surface area contributed by atoms with Crippen LogP contribution in [-0.4, -0.2) is 54.7 Å². The zero-order valence-electron chi connectivity index (χ0n) is 17.5. The van der Waals surface area contributed by atoms with Crippen molar-refractivity contribution in [3.63, 3.8) is 0 Å². The highest BCUT2D eigenvalue weighted by molar-refractivity contribution is 6.10. The Bertz CT molecular complexity index is 810. The van der Waals surface area contributed by atoms with Gasteiger partial charge in [-0.1, -0.05) is 25.5 Å². The summed E-state index contributed by atoms with van der Waals surface area (Å²) in [4.78, 5) is 52.7. The first-order chi connectivity index (χ1) is 14.5. The Hall–Kier alpha value is -2.90. The van der Waals surface area contributed by atoms with E-state index in [1.807, 2.05) is 0 Å². The standard InChI is InChI=1S/C22H30N4O4/c1-2-3-12-23-22(30)16-7-6-13-25(14-16)20(28)10-11-21(29)26-15-19(27)24-17-8-4-5-9-18(17)26/h4-5,8-9,16H,2-3,6-7,10-15H2,1H3,(H,23,30)(H,24,27). The van der Waals surface area contributed by atoms with Crippen LogP contribution in [0.4, 0.5) is 11.4 Å². The Balaban J connectivity index is 1.52. The number of nitrogens with one attached hydrogen (secondary N) is 2. The number of para-hydroxylation sites is 2. The van der Waals surface area contributed by atoms with Gasteiger partial charge in [-0.25, -0.2) is 0 Å². The van der Waals surface area contributed by atoms with E-state index in [9.17, 15) is 19.2 Å². The number of fused-ring (bicyclic) bond motifs is 1. The first-order valence-electron chi connectivity index (χ1n) is 10.7. The number of nitrogens with zero attached hydrogens (tertiary/aromatic N) is 2. The predicted octanol–water partition coefficient (Wildman–Crippen LogP) is 1.91. The third-order valence-electron chi connectivity index (χ3n) is 5.60. The van der Waals surface area contributed by atoms with E-state index in [1.54, 1.807) is 29.2 Å². The molecule has 0 aliphatic carbocycles. The number of hydrogen-bond acceptors (Lipinski definition) is 4. The Kier molecular flexibility index (Phi) is 7.43. The van der Waals surface area contributed by atoms with Gasteiger partial charge in [0.25, 0.3) is 0 Å². The molecule has 2 aliphatic heterocycles. The molecule has 1 aromatic rings. The fraction of sp³-hybridized carbons (Fsp3) is 0.545. The Morgan fingerprint density at radius 1 is 1.17 bits per heavy atom. The van der Waals surface area contributed by atoms with Crippen LogP contribution < -0.4 is 15.5 Å². The van der Waals surface area contributed by atoms with E-state index >= 15 is 0 Å². The molecule has 2 aliphatic rings. The molecule has 1 aromatic carbocycles. The topological polar surface area (TPSA) is 98.8 Å². The molecule has 0 spiro atoms. The second-order valence-electron chi connectivity index (χ2n) is 7.87. The summed E-state index contributed by atoms with van der Waals surface area (Å²) < 4.78 is 0. The van der Waals surface area contributed by atoms with Crippen LogP contribution in [0.15, 0.2) is 24.3 Å². The molecular formula is C22H30N4O4. The van der Waals surface area contributed by atoms with Crippen molar-refractivity contribution in [2.45, 2.75) is 45.4 Å². The number of amides is 4. The summed E-state index contributed by atoms with van der Waals surface area (Å²) in [5.74, 6) is -0.803. The summed E-state index contributed by atoms with van der Waals surface area (Å²) in [5, 5.41) is 5.69. The maximum Gasteiger partial charge on any atom is 0.244 e. The van der Waals surface area contributed by atoms with E-state index in [0.29, 0.717) is 31.0 Å². The molecule has 0 bridgehead atoms. The van der Waals surface area contributed by atoms with Crippen molar-refractivity contribution >= 4 is 35.0 Å². The molecule has 1 fully saturated rings. The fourth-order valence-electron chi connectivity index (χ4n) is 3.91. The zero-order valence-corrected chi connectivity index (χ0v) is 17.5. The lowest BCUT2D eigenvalue weighted by Crippen LogP contribution is -2.46. The van der Waals surface area contributed by atoms with Crippen LogP contribution in [-0.2, 0) is 19.2 Å². The quantitative estimate of drug-likeness (QED) is 0.666. The molecule has 2 N–H and O–H groups in total. The monoisotopic (exact) mass is 414 g/mol. The SMILES string of the molecule is CCCCNC(=O)C1CCCN(C(=O)CCC(=O)N2CC(=O)Nc3ccccc32)C1. The normalized spacial score (nSPS) is 18.4. The number of likely N-dealkylation sites (tertiary alicyclic amines) is 1. The third-order valence-corrected chi connectivity index (χ3v) is 5.60. The maximum atomic E-state index is 12.7. The summed E-state index contributed by atoms with van der Waals surface area (Å²) in [6, 6.07) is 7.13. The van der Waals surface area contributed by atoms with Crippen LogP contribution in [0.3, 0.4) is 0 Å². The lowest BCUT2D eigenvalue weighted by Gasteiger charge is -2.32. The summed E-state index contributed by atoms with van der Waals surface area (Å²) in [7, 11) is 0. The zero-order chi connectivity index (χ0) is 21.5. The molecule has 1 atom stereocenters. The Morgan fingerprint density at radius 3 is 2.73 bits per heavy atom. The van der Waals surface area contributed by atoms with Gasteiger partial charge in [0.2, 0.25) is 23.6 Å². The minimum atomic E-state index is -0.253. The van der Waals surface area contributed by atoms with Crippen LogP contribution in [0.2, 0.25) is 0 Å². The van der Waals surface area contributed by atoms with Gasteiger partial charge in [0, 0.05) is 32.5 Å². The summed E-state index contributed by atoms with van der Waals surface area (Å²) >= 11 is 0. The van der Waals surface area contributed by atoms with Gasteiger partial charge in [0.1, 0.15) is 6.54 Å². The van der Waals surface area contributed by atoms with Gasteiger partial charge in [-0.2, -0.15) is 0 Å². The third kappa shape index (κ3) is 5.37.